The third-order valence-electron chi connectivity index (χ3n) is 1.69. The Morgan fingerprint density at radius 3 is 2.57 bits per heavy atom. The van der Waals surface area contributed by atoms with E-state index in [-0.39, 0.29) is 12.8 Å². The Hall–Kier alpha value is -0.320. The third-order valence-corrected chi connectivity index (χ3v) is 1.91. The zero-order valence-corrected chi connectivity index (χ0v) is 9.04. The van der Waals surface area contributed by atoms with Crippen molar-refractivity contribution in [1.82, 2.24) is 0 Å². The van der Waals surface area contributed by atoms with Gasteiger partial charge in [0, 0.05) is 5.88 Å². The minimum atomic E-state index is -0.854. The van der Waals surface area contributed by atoms with Gasteiger partial charge in [-0.15, -0.1) is 11.6 Å². The van der Waals surface area contributed by atoms with Crippen LogP contribution in [0.3, 0.4) is 0 Å². The molecule has 0 saturated carbocycles. The van der Waals surface area contributed by atoms with Crippen LogP contribution in [0.15, 0.2) is 0 Å². The molecule has 14 heavy (non-hydrogen) atoms. The van der Waals surface area contributed by atoms with Crippen molar-refractivity contribution in [3.8, 4) is 0 Å². The Kier molecular flexibility index (Phi) is 7.84. The molecule has 4 nitrogen and oxygen atoms in total. The van der Waals surface area contributed by atoms with Crippen LogP contribution in [0.2, 0.25) is 0 Å². The van der Waals surface area contributed by atoms with E-state index in [0.29, 0.717) is 18.9 Å². The molecule has 0 amide bonds. The van der Waals surface area contributed by atoms with E-state index in [1.165, 1.54) is 0 Å². The summed E-state index contributed by atoms with van der Waals surface area (Å²) in [6.07, 6.45) is -1.01. The molecular formula is C9H17ClO4. The summed E-state index contributed by atoms with van der Waals surface area (Å²) < 4.78 is 4.65. The van der Waals surface area contributed by atoms with Gasteiger partial charge >= 0.3 is 5.97 Å². The van der Waals surface area contributed by atoms with Crippen molar-refractivity contribution in [3.63, 3.8) is 0 Å². The number of hydrogen-bond donors (Lipinski definition) is 2. The van der Waals surface area contributed by atoms with Gasteiger partial charge in [-0.05, 0) is 19.8 Å². The molecule has 0 heterocycles. The molecule has 0 aromatic rings. The Morgan fingerprint density at radius 2 is 2.07 bits per heavy atom. The second-order valence-corrected chi connectivity index (χ2v) is 3.41. The number of hydrogen-bond acceptors (Lipinski definition) is 4. The lowest BCUT2D eigenvalue weighted by atomic mass is 10.1. The summed E-state index contributed by atoms with van der Waals surface area (Å²) >= 11 is 5.40. The summed E-state index contributed by atoms with van der Waals surface area (Å²) in [6.45, 7) is 2.00. The molecule has 0 aliphatic carbocycles. The Bertz CT molecular complexity index is 163. The Morgan fingerprint density at radius 1 is 1.43 bits per heavy atom. The number of rotatable bonds is 7. The summed E-state index contributed by atoms with van der Waals surface area (Å²) in [5.41, 5.74) is 0. The van der Waals surface area contributed by atoms with E-state index in [4.69, 9.17) is 11.6 Å². The summed E-state index contributed by atoms with van der Waals surface area (Å²) in [5, 5.41) is 18.6. The lowest BCUT2D eigenvalue weighted by Crippen LogP contribution is -2.22. The van der Waals surface area contributed by atoms with Crippen molar-refractivity contribution in [2.45, 2.75) is 38.4 Å². The van der Waals surface area contributed by atoms with Gasteiger partial charge in [0.25, 0.3) is 0 Å². The minimum absolute atomic E-state index is 0.0762. The smallest absolute Gasteiger partial charge is 0.308 e. The second-order valence-electron chi connectivity index (χ2n) is 3.03. The quantitative estimate of drug-likeness (QED) is 0.493. The maximum Gasteiger partial charge on any atom is 0.308 e. The number of alkyl halides is 1. The van der Waals surface area contributed by atoms with E-state index in [9.17, 15) is 15.0 Å². The maximum atomic E-state index is 10.9. The van der Waals surface area contributed by atoms with E-state index in [1.807, 2.05) is 0 Å². The molecule has 0 rings (SSSR count). The van der Waals surface area contributed by atoms with E-state index in [0.717, 1.165) is 0 Å². The number of esters is 1. The van der Waals surface area contributed by atoms with Crippen LogP contribution in [0.5, 0.6) is 0 Å². The highest BCUT2D eigenvalue weighted by atomic mass is 35.5. The molecule has 84 valence electrons. The monoisotopic (exact) mass is 224 g/mol. The SMILES string of the molecule is CCOC(=O)C[C@H](O)C[C@@H](O)CCCl. The van der Waals surface area contributed by atoms with Gasteiger partial charge in [-0.3, -0.25) is 4.79 Å². The maximum absolute atomic E-state index is 10.9. The van der Waals surface area contributed by atoms with Gasteiger partial charge in [-0.25, -0.2) is 0 Å². The molecule has 0 saturated heterocycles. The standard InChI is InChI=1S/C9H17ClO4/c1-2-14-9(13)6-8(12)5-7(11)3-4-10/h7-8,11-12H,2-6H2,1H3/t7-,8+/m0/s1. The zero-order chi connectivity index (χ0) is 11.0. The number of carbonyl (C=O) groups excluding carboxylic acids is 1. The van der Waals surface area contributed by atoms with Crippen molar-refractivity contribution < 1.29 is 19.7 Å². The zero-order valence-electron chi connectivity index (χ0n) is 8.28. The number of aliphatic hydroxyl groups excluding tert-OH is 2. The summed E-state index contributed by atoms with van der Waals surface area (Å²) in [7, 11) is 0. The molecule has 0 fully saturated rings. The molecule has 5 heteroatoms. The number of carbonyl (C=O) groups is 1. The molecule has 0 bridgehead atoms. The average Bonchev–Trinajstić information content (AvgIpc) is 2.03. The first-order chi connectivity index (χ1) is 6.60. The van der Waals surface area contributed by atoms with Crippen LogP contribution in [0.25, 0.3) is 0 Å². The number of aliphatic hydroxyl groups is 2. The molecule has 2 N–H and O–H groups in total. The second kappa shape index (κ2) is 8.03. The lowest BCUT2D eigenvalue weighted by molar-refractivity contribution is -0.145. The van der Waals surface area contributed by atoms with Gasteiger partial charge in [0.15, 0.2) is 0 Å². The van der Waals surface area contributed by atoms with E-state index in [2.05, 4.69) is 4.74 Å². The average molecular weight is 225 g/mol. The van der Waals surface area contributed by atoms with Crippen LogP contribution < -0.4 is 0 Å². The first-order valence-electron chi connectivity index (χ1n) is 4.67. The van der Waals surface area contributed by atoms with Crippen molar-refractivity contribution >= 4 is 17.6 Å². The molecule has 0 unspecified atom stereocenters. The van der Waals surface area contributed by atoms with E-state index >= 15 is 0 Å². The van der Waals surface area contributed by atoms with E-state index < -0.39 is 18.2 Å². The van der Waals surface area contributed by atoms with Crippen molar-refractivity contribution in [2.24, 2.45) is 0 Å². The summed E-state index contributed by atoms with van der Waals surface area (Å²) in [6, 6.07) is 0. The predicted molar refractivity (Wildman–Crippen MR) is 53.2 cm³/mol. The van der Waals surface area contributed by atoms with Gasteiger partial charge < -0.3 is 14.9 Å². The fraction of sp³-hybridized carbons (Fsp3) is 0.889. The largest absolute Gasteiger partial charge is 0.466 e. The van der Waals surface area contributed by atoms with Gasteiger partial charge in [-0.1, -0.05) is 0 Å². The minimum Gasteiger partial charge on any atom is -0.466 e. The fourth-order valence-corrected chi connectivity index (χ4v) is 1.31. The van der Waals surface area contributed by atoms with Gasteiger partial charge in [-0.2, -0.15) is 0 Å². The van der Waals surface area contributed by atoms with Crippen LogP contribution in [0.1, 0.15) is 26.2 Å². The van der Waals surface area contributed by atoms with Crippen LogP contribution in [-0.2, 0) is 9.53 Å². The van der Waals surface area contributed by atoms with Crippen LogP contribution in [-0.4, -0.2) is 40.9 Å². The molecule has 0 spiro atoms. The Balaban J connectivity index is 3.63. The topological polar surface area (TPSA) is 66.8 Å². The molecule has 0 aromatic heterocycles. The summed E-state index contributed by atoms with van der Waals surface area (Å²) in [4.78, 5) is 10.9. The van der Waals surface area contributed by atoms with Gasteiger partial charge in [0.1, 0.15) is 0 Å². The molecule has 0 aliphatic heterocycles. The van der Waals surface area contributed by atoms with Gasteiger partial charge in [0.05, 0.1) is 25.2 Å². The lowest BCUT2D eigenvalue weighted by Gasteiger charge is -2.13. The molecule has 2 atom stereocenters. The summed E-state index contributed by atoms with van der Waals surface area (Å²) in [5.74, 6) is -0.106. The molecule has 0 aliphatic rings. The molecule has 0 aromatic carbocycles. The van der Waals surface area contributed by atoms with Crippen LogP contribution in [0, 0.1) is 0 Å². The highest BCUT2D eigenvalue weighted by Gasteiger charge is 2.15. The molecular weight excluding hydrogens is 208 g/mol. The predicted octanol–water partition coefficient (Wildman–Crippen LogP) is 0.680. The van der Waals surface area contributed by atoms with Crippen LogP contribution >= 0.6 is 11.6 Å². The first kappa shape index (κ1) is 13.7. The first-order valence-corrected chi connectivity index (χ1v) is 5.21. The van der Waals surface area contributed by atoms with Crippen LogP contribution in [0.4, 0.5) is 0 Å². The highest BCUT2D eigenvalue weighted by Crippen LogP contribution is 2.07. The van der Waals surface area contributed by atoms with Crippen molar-refractivity contribution in [3.05, 3.63) is 0 Å². The number of halogens is 1. The number of ether oxygens (including phenoxy) is 1. The van der Waals surface area contributed by atoms with Gasteiger partial charge in [0.2, 0.25) is 0 Å². The van der Waals surface area contributed by atoms with Crippen molar-refractivity contribution in [2.75, 3.05) is 12.5 Å². The highest BCUT2D eigenvalue weighted by molar-refractivity contribution is 6.17. The van der Waals surface area contributed by atoms with Crippen molar-refractivity contribution in [1.29, 1.82) is 0 Å². The molecule has 0 radical (unpaired) electrons. The van der Waals surface area contributed by atoms with E-state index in [1.54, 1.807) is 6.92 Å². The fourth-order valence-electron chi connectivity index (χ4n) is 1.05. The Labute approximate surface area is 88.8 Å². The normalized spacial score (nSPS) is 14.9. The third kappa shape index (κ3) is 7.12.